The summed E-state index contributed by atoms with van der Waals surface area (Å²) < 4.78 is 5.54. The Morgan fingerprint density at radius 1 is 1.42 bits per heavy atom. The Morgan fingerprint density at radius 2 is 2.26 bits per heavy atom. The second kappa shape index (κ2) is 7.96. The second-order valence-electron chi connectivity index (χ2n) is 4.66. The van der Waals surface area contributed by atoms with Gasteiger partial charge in [-0.25, -0.2) is 4.98 Å². The third-order valence-corrected chi connectivity index (χ3v) is 3.22. The lowest BCUT2D eigenvalue weighted by molar-refractivity contribution is 0.240. The summed E-state index contributed by atoms with van der Waals surface area (Å²) in [5, 5.41) is 6.73. The first-order valence-corrected chi connectivity index (χ1v) is 7.15. The molecule has 19 heavy (non-hydrogen) atoms. The van der Waals surface area contributed by atoms with Crippen LogP contribution in [0.15, 0.2) is 18.3 Å². The molecule has 0 unspecified atom stereocenters. The van der Waals surface area contributed by atoms with Crippen LogP contribution in [0.2, 0.25) is 0 Å². The number of nitrogens with zero attached hydrogens (tertiary/aromatic N) is 2. The quantitative estimate of drug-likeness (QED) is 0.725. The lowest BCUT2D eigenvalue weighted by atomic mass is 10.3. The van der Waals surface area contributed by atoms with Gasteiger partial charge in [0.25, 0.3) is 0 Å². The molecule has 1 aromatic rings. The Balaban J connectivity index is 1.70. The van der Waals surface area contributed by atoms with E-state index in [0.29, 0.717) is 6.61 Å². The van der Waals surface area contributed by atoms with Gasteiger partial charge in [0.1, 0.15) is 0 Å². The van der Waals surface area contributed by atoms with Gasteiger partial charge in [-0.1, -0.05) is 0 Å². The molecule has 1 aliphatic heterocycles. The highest BCUT2D eigenvalue weighted by Gasteiger charge is 2.08. The predicted octanol–water partition coefficient (Wildman–Crippen LogP) is 1.19. The fourth-order valence-corrected chi connectivity index (χ4v) is 2.24. The van der Waals surface area contributed by atoms with Crippen molar-refractivity contribution >= 4 is 5.82 Å². The third-order valence-electron chi connectivity index (χ3n) is 3.22. The van der Waals surface area contributed by atoms with E-state index < -0.39 is 0 Å². The number of pyridine rings is 1. The minimum absolute atomic E-state index is 0.668. The van der Waals surface area contributed by atoms with Gasteiger partial charge in [0.2, 0.25) is 0 Å². The van der Waals surface area contributed by atoms with Crippen LogP contribution in [-0.4, -0.2) is 55.8 Å². The summed E-state index contributed by atoms with van der Waals surface area (Å²) in [7, 11) is 0. The van der Waals surface area contributed by atoms with Crippen molar-refractivity contribution in [3.63, 3.8) is 0 Å². The topological polar surface area (TPSA) is 49.4 Å². The van der Waals surface area contributed by atoms with Crippen LogP contribution in [0.25, 0.3) is 0 Å². The van der Waals surface area contributed by atoms with Crippen molar-refractivity contribution in [2.45, 2.75) is 13.3 Å². The first-order valence-electron chi connectivity index (χ1n) is 7.15. The average molecular weight is 264 g/mol. The van der Waals surface area contributed by atoms with E-state index in [9.17, 15) is 0 Å². The van der Waals surface area contributed by atoms with E-state index in [-0.39, 0.29) is 0 Å². The van der Waals surface area contributed by atoms with Crippen LogP contribution in [0.5, 0.6) is 5.75 Å². The van der Waals surface area contributed by atoms with E-state index in [1.807, 2.05) is 19.1 Å². The van der Waals surface area contributed by atoms with Crippen LogP contribution in [-0.2, 0) is 0 Å². The molecule has 1 saturated heterocycles. The highest BCUT2D eigenvalue weighted by molar-refractivity contribution is 5.49. The van der Waals surface area contributed by atoms with Crippen molar-refractivity contribution in [2.24, 2.45) is 0 Å². The summed E-state index contributed by atoms with van der Waals surface area (Å²) >= 11 is 0. The van der Waals surface area contributed by atoms with Crippen molar-refractivity contribution in [3.8, 4) is 5.75 Å². The number of piperazine rings is 1. The summed E-state index contributed by atoms with van der Waals surface area (Å²) in [4.78, 5) is 6.82. The Bertz CT molecular complexity index is 366. The van der Waals surface area contributed by atoms with E-state index in [0.717, 1.165) is 57.3 Å². The summed E-state index contributed by atoms with van der Waals surface area (Å²) in [6.45, 7) is 9.28. The molecule has 2 N–H and O–H groups in total. The number of hydrogen-bond acceptors (Lipinski definition) is 5. The fraction of sp³-hybridized carbons (Fsp3) is 0.643. The van der Waals surface area contributed by atoms with Crippen LogP contribution >= 0.6 is 0 Å². The Labute approximate surface area is 115 Å². The number of anilines is 1. The molecule has 0 atom stereocenters. The van der Waals surface area contributed by atoms with Crippen molar-refractivity contribution < 1.29 is 4.74 Å². The molecule has 2 heterocycles. The molecular formula is C14H24N4O. The number of hydrogen-bond donors (Lipinski definition) is 2. The van der Waals surface area contributed by atoms with Crippen molar-refractivity contribution in [1.29, 1.82) is 0 Å². The zero-order valence-electron chi connectivity index (χ0n) is 11.7. The van der Waals surface area contributed by atoms with Gasteiger partial charge in [0, 0.05) is 38.9 Å². The minimum Gasteiger partial charge on any atom is -0.490 e. The molecule has 2 rings (SSSR count). The molecule has 0 bridgehead atoms. The van der Waals surface area contributed by atoms with Crippen LogP contribution < -0.4 is 15.4 Å². The monoisotopic (exact) mass is 264 g/mol. The number of rotatable bonds is 7. The van der Waals surface area contributed by atoms with E-state index in [1.165, 1.54) is 0 Å². The Morgan fingerprint density at radius 3 is 3.05 bits per heavy atom. The van der Waals surface area contributed by atoms with Gasteiger partial charge in [-0.05, 0) is 32.0 Å². The van der Waals surface area contributed by atoms with E-state index in [4.69, 9.17) is 4.74 Å². The Hall–Kier alpha value is -1.33. The van der Waals surface area contributed by atoms with E-state index in [2.05, 4.69) is 20.5 Å². The van der Waals surface area contributed by atoms with E-state index in [1.54, 1.807) is 6.20 Å². The summed E-state index contributed by atoms with van der Waals surface area (Å²) in [6, 6.07) is 3.85. The highest BCUT2D eigenvalue weighted by atomic mass is 16.5. The third kappa shape index (κ3) is 4.69. The van der Waals surface area contributed by atoms with Gasteiger partial charge in [0.05, 0.1) is 6.61 Å². The van der Waals surface area contributed by atoms with Crippen molar-refractivity contribution in [3.05, 3.63) is 18.3 Å². The van der Waals surface area contributed by atoms with Crippen LogP contribution in [0, 0.1) is 0 Å². The second-order valence-corrected chi connectivity index (χ2v) is 4.66. The van der Waals surface area contributed by atoms with Crippen molar-refractivity contribution in [2.75, 3.05) is 51.2 Å². The SMILES string of the molecule is CCOc1cccnc1NCCCN1CCNCC1. The molecule has 106 valence electrons. The molecule has 0 radical (unpaired) electrons. The molecule has 0 spiro atoms. The predicted molar refractivity (Wildman–Crippen MR) is 77.8 cm³/mol. The van der Waals surface area contributed by atoms with Gasteiger partial charge in [0.15, 0.2) is 11.6 Å². The maximum atomic E-state index is 5.54. The summed E-state index contributed by atoms with van der Waals surface area (Å²) in [5.74, 6) is 1.69. The van der Waals surface area contributed by atoms with Crippen LogP contribution in [0.3, 0.4) is 0 Å². The molecule has 0 aromatic carbocycles. The minimum atomic E-state index is 0.668. The number of aromatic nitrogens is 1. The Kier molecular flexibility index (Phi) is 5.91. The lowest BCUT2D eigenvalue weighted by Gasteiger charge is -2.27. The molecule has 0 aliphatic carbocycles. The summed E-state index contributed by atoms with van der Waals surface area (Å²) in [6.07, 6.45) is 2.92. The fourth-order valence-electron chi connectivity index (χ4n) is 2.24. The van der Waals surface area contributed by atoms with Crippen molar-refractivity contribution in [1.82, 2.24) is 15.2 Å². The smallest absolute Gasteiger partial charge is 0.168 e. The normalized spacial score (nSPS) is 16.3. The maximum absolute atomic E-state index is 5.54. The van der Waals surface area contributed by atoms with E-state index >= 15 is 0 Å². The first kappa shape index (κ1) is 14.1. The average Bonchev–Trinajstić information content (AvgIpc) is 2.47. The zero-order chi connectivity index (χ0) is 13.3. The molecule has 0 amide bonds. The molecule has 0 saturated carbocycles. The van der Waals surface area contributed by atoms with Gasteiger partial charge >= 0.3 is 0 Å². The molecule has 1 fully saturated rings. The van der Waals surface area contributed by atoms with Gasteiger partial charge in [-0.3, -0.25) is 0 Å². The maximum Gasteiger partial charge on any atom is 0.168 e. The number of nitrogens with one attached hydrogen (secondary N) is 2. The number of ether oxygens (including phenoxy) is 1. The molecule has 1 aromatic heterocycles. The van der Waals surface area contributed by atoms with Crippen LogP contribution in [0.4, 0.5) is 5.82 Å². The van der Waals surface area contributed by atoms with Gasteiger partial charge in [-0.15, -0.1) is 0 Å². The molecule has 5 heteroatoms. The largest absolute Gasteiger partial charge is 0.490 e. The molecule has 1 aliphatic rings. The van der Waals surface area contributed by atoms with Gasteiger partial charge in [-0.2, -0.15) is 0 Å². The zero-order valence-corrected chi connectivity index (χ0v) is 11.7. The molecule has 5 nitrogen and oxygen atoms in total. The van der Waals surface area contributed by atoms with Gasteiger partial charge < -0.3 is 20.3 Å². The standard InChI is InChI=1S/C14H24N4O/c1-2-19-13-5-3-6-16-14(13)17-7-4-10-18-11-8-15-9-12-18/h3,5-6,15H,2,4,7-12H2,1H3,(H,16,17). The summed E-state index contributed by atoms with van der Waals surface area (Å²) in [5.41, 5.74) is 0. The van der Waals surface area contributed by atoms with Crippen LogP contribution in [0.1, 0.15) is 13.3 Å². The lowest BCUT2D eigenvalue weighted by Crippen LogP contribution is -2.44. The molecular weight excluding hydrogens is 240 g/mol. The highest BCUT2D eigenvalue weighted by Crippen LogP contribution is 2.20. The first-order chi connectivity index (χ1) is 9.40.